The van der Waals surface area contributed by atoms with E-state index >= 15 is 0 Å². The van der Waals surface area contributed by atoms with Crippen molar-refractivity contribution in [3.63, 3.8) is 0 Å². The summed E-state index contributed by atoms with van der Waals surface area (Å²) in [5, 5.41) is 2.74. The second kappa shape index (κ2) is 8.05. The fraction of sp³-hybridized carbons (Fsp3) is 0.150. The topological polar surface area (TPSA) is 84.1 Å². The number of aromatic amines is 1. The molecule has 0 aliphatic heterocycles. The maximum Gasteiger partial charge on any atom is 0.266 e. The van der Waals surface area contributed by atoms with Gasteiger partial charge in [0.05, 0.1) is 5.56 Å². The fourth-order valence-electron chi connectivity index (χ4n) is 2.57. The number of aryl methyl sites for hydroxylation is 2. The van der Waals surface area contributed by atoms with Crippen molar-refractivity contribution in [3.8, 4) is 11.6 Å². The highest BCUT2D eigenvalue weighted by molar-refractivity contribution is 6.30. The Balaban J connectivity index is 1.77. The average molecular weight is 384 g/mol. The molecule has 1 amide bonds. The first-order valence-electron chi connectivity index (χ1n) is 8.30. The van der Waals surface area contributed by atoms with Crippen LogP contribution in [0.2, 0.25) is 5.02 Å². The molecule has 3 aromatic rings. The number of pyridine rings is 2. The van der Waals surface area contributed by atoms with Gasteiger partial charge in [0, 0.05) is 24.5 Å². The van der Waals surface area contributed by atoms with E-state index in [4.69, 9.17) is 16.3 Å². The van der Waals surface area contributed by atoms with Gasteiger partial charge in [-0.15, -0.1) is 0 Å². The summed E-state index contributed by atoms with van der Waals surface area (Å²) in [5.41, 5.74) is 2.55. The molecule has 0 spiro atoms. The van der Waals surface area contributed by atoms with Crippen LogP contribution in [-0.4, -0.2) is 15.9 Å². The first kappa shape index (κ1) is 18.7. The largest absolute Gasteiger partial charge is 0.438 e. The van der Waals surface area contributed by atoms with Gasteiger partial charge in [-0.2, -0.15) is 0 Å². The number of H-pyrrole nitrogens is 1. The van der Waals surface area contributed by atoms with Crippen molar-refractivity contribution in [2.45, 2.75) is 20.4 Å². The highest BCUT2D eigenvalue weighted by Crippen LogP contribution is 2.29. The Morgan fingerprint density at radius 1 is 1.22 bits per heavy atom. The number of amides is 1. The normalized spacial score (nSPS) is 10.5. The molecule has 0 radical (unpaired) electrons. The summed E-state index contributed by atoms with van der Waals surface area (Å²) >= 11 is 5.77. The Morgan fingerprint density at radius 2 is 1.96 bits per heavy atom. The quantitative estimate of drug-likeness (QED) is 0.702. The SMILES string of the molecule is Cc1cccc(C)c1Oc1ncccc1CNC(=O)c1c[nH]c(=O)c(Cl)c1. The zero-order valence-corrected chi connectivity index (χ0v) is 15.6. The van der Waals surface area contributed by atoms with Crippen LogP contribution in [0.5, 0.6) is 11.6 Å². The molecule has 2 heterocycles. The molecular weight excluding hydrogens is 366 g/mol. The minimum absolute atomic E-state index is 0.0388. The van der Waals surface area contributed by atoms with Gasteiger partial charge >= 0.3 is 0 Å². The van der Waals surface area contributed by atoms with Gasteiger partial charge in [0.2, 0.25) is 5.88 Å². The Hall–Kier alpha value is -3.12. The Bertz CT molecular complexity index is 1030. The molecule has 0 unspecified atom stereocenters. The van der Waals surface area contributed by atoms with Gasteiger partial charge in [-0.25, -0.2) is 4.98 Å². The summed E-state index contributed by atoms with van der Waals surface area (Å²) in [6, 6.07) is 10.8. The first-order chi connectivity index (χ1) is 13.0. The van der Waals surface area contributed by atoms with E-state index in [1.165, 1.54) is 12.3 Å². The van der Waals surface area contributed by atoms with E-state index in [2.05, 4.69) is 15.3 Å². The van der Waals surface area contributed by atoms with Gasteiger partial charge < -0.3 is 15.0 Å². The molecule has 3 rings (SSSR count). The number of nitrogens with one attached hydrogen (secondary N) is 2. The monoisotopic (exact) mass is 383 g/mol. The molecule has 7 heteroatoms. The highest BCUT2D eigenvalue weighted by Gasteiger charge is 2.12. The summed E-state index contributed by atoms with van der Waals surface area (Å²) < 4.78 is 6.01. The maximum atomic E-state index is 12.3. The van der Waals surface area contributed by atoms with Crippen LogP contribution in [0.15, 0.2) is 53.6 Å². The van der Waals surface area contributed by atoms with Gasteiger partial charge in [-0.1, -0.05) is 35.9 Å². The third-order valence-corrected chi connectivity index (χ3v) is 4.30. The number of carbonyl (C=O) groups excluding carboxylic acids is 1. The number of rotatable bonds is 5. The number of nitrogens with zero attached hydrogens (tertiary/aromatic N) is 1. The van der Waals surface area contributed by atoms with Crippen LogP contribution in [0.25, 0.3) is 0 Å². The molecule has 6 nitrogen and oxygen atoms in total. The average Bonchev–Trinajstić information content (AvgIpc) is 2.66. The fourth-order valence-corrected chi connectivity index (χ4v) is 2.74. The van der Waals surface area contributed by atoms with Crippen LogP contribution in [-0.2, 0) is 6.54 Å². The molecule has 2 N–H and O–H groups in total. The lowest BCUT2D eigenvalue weighted by Gasteiger charge is -2.14. The molecule has 2 aromatic heterocycles. The van der Waals surface area contributed by atoms with Gasteiger partial charge in [0.1, 0.15) is 10.8 Å². The minimum atomic E-state index is -0.440. The molecular formula is C20H18ClN3O3. The zero-order chi connectivity index (χ0) is 19.4. The molecule has 1 aromatic carbocycles. The lowest BCUT2D eigenvalue weighted by molar-refractivity contribution is 0.0950. The van der Waals surface area contributed by atoms with Crippen LogP contribution >= 0.6 is 11.6 Å². The third kappa shape index (κ3) is 4.35. The van der Waals surface area contributed by atoms with Crippen molar-refractivity contribution in [3.05, 3.63) is 86.4 Å². The van der Waals surface area contributed by atoms with E-state index in [9.17, 15) is 9.59 Å². The van der Waals surface area contributed by atoms with E-state index < -0.39 is 5.56 Å². The summed E-state index contributed by atoms with van der Waals surface area (Å²) in [6.45, 7) is 4.14. The number of benzene rings is 1. The molecule has 0 aliphatic rings. The number of ether oxygens (including phenoxy) is 1. The first-order valence-corrected chi connectivity index (χ1v) is 8.68. The second-order valence-corrected chi connectivity index (χ2v) is 6.45. The molecule has 0 bridgehead atoms. The van der Waals surface area contributed by atoms with Crippen molar-refractivity contribution in [1.29, 1.82) is 0 Å². The van der Waals surface area contributed by atoms with Crippen molar-refractivity contribution in [2.75, 3.05) is 0 Å². The number of aromatic nitrogens is 2. The van der Waals surface area contributed by atoms with E-state index in [1.807, 2.05) is 38.1 Å². The predicted molar refractivity (Wildman–Crippen MR) is 103 cm³/mol. The van der Waals surface area contributed by atoms with E-state index in [1.54, 1.807) is 12.3 Å². The zero-order valence-electron chi connectivity index (χ0n) is 14.9. The summed E-state index contributed by atoms with van der Waals surface area (Å²) in [5.74, 6) is 0.806. The molecule has 27 heavy (non-hydrogen) atoms. The Labute approximate surface area is 161 Å². The third-order valence-electron chi connectivity index (χ3n) is 4.02. The number of hydrogen-bond donors (Lipinski definition) is 2. The molecule has 0 aliphatic carbocycles. The van der Waals surface area contributed by atoms with Crippen molar-refractivity contribution in [1.82, 2.24) is 15.3 Å². The summed E-state index contributed by atoms with van der Waals surface area (Å²) in [6.07, 6.45) is 2.96. The predicted octanol–water partition coefficient (Wildman–Crippen LogP) is 3.76. The van der Waals surface area contributed by atoms with Crippen LogP contribution < -0.4 is 15.6 Å². The lowest BCUT2D eigenvalue weighted by atomic mass is 10.1. The van der Waals surface area contributed by atoms with Crippen molar-refractivity contribution >= 4 is 17.5 Å². The van der Waals surface area contributed by atoms with Gasteiger partial charge in [-0.3, -0.25) is 9.59 Å². The summed E-state index contributed by atoms with van der Waals surface area (Å²) in [4.78, 5) is 30.3. The molecule has 0 atom stereocenters. The Morgan fingerprint density at radius 3 is 2.67 bits per heavy atom. The highest BCUT2D eigenvalue weighted by atomic mass is 35.5. The number of halogens is 1. The van der Waals surface area contributed by atoms with Crippen LogP contribution in [0.1, 0.15) is 27.0 Å². The van der Waals surface area contributed by atoms with Gasteiger partial charge in [0.15, 0.2) is 0 Å². The van der Waals surface area contributed by atoms with E-state index in [0.29, 0.717) is 5.88 Å². The molecule has 0 saturated heterocycles. The van der Waals surface area contributed by atoms with Crippen molar-refractivity contribution in [2.24, 2.45) is 0 Å². The van der Waals surface area contributed by atoms with Crippen molar-refractivity contribution < 1.29 is 9.53 Å². The van der Waals surface area contributed by atoms with Crippen LogP contribution in [0.3, 0.4) is 0 Å². The standard InChI is InChI=1S/C20H18ClN3O3/c1-12-5-3-6-13(2)17(12)27-20-14(7-4-8-22-20)10-23-18(25)15-9-16(21)19(26)24-11-15/h3-9,11H,10H2,1-2H3,(H,23,25)(H,24,26). The van der Waals surface area contributed by atoms with Crippen LogP contribution in [0, 0.1) is 13.8 Å². The molecule has 0 fully saturated rings. The Kier molecular flexibility index (Phi) is 5.57. The minimum Gasteiger partial charge on any atom is -0.438 e. The van der Waals surface area contributed by atoms with E-state index in [-0.39, 0.29) is 23.0 Å². The van der Waals surface area contributed by atoms with E-state index in [0.717, 1.165) is 22.4 Å². The van der Waals surface area contributed by atoms with Crippen LogP contribution in [0.4, 0.5) is 0 Å². The summed E-state index contributed by atoms with van der Waals surface area (Å²) in [7, 11) is 0. The van der Waals surface area contributed by atoms with Gasteiger partial charge in [-0.05, 0) is 37.1 Å². The number of hydrogen-bond acceptors (Lipinski definition) is 4. The number of para-hydroxylation sites is 1. The number of carbonyl (C=O) groups is 1. The molecule has 0 saturated carbocycles. The van der Waals surface area contributed by atoms with Gasteiger partial charge in [0.25, 0.3) is 11.5 Å². The lowest BCUT2D eigenvalue weighted by Crippen LogP contribution is -2.24. The second-order valence-electron chi connectivity index (χ2n) is 6.04. The molecule has 138 valence electrons. The maximum absolute atomic E-state index is 12.3. The smallest absolute Gasteiger partial charge is 0.266 e.